The molecule has 0 amide bonds. The van der Waals surface area contributed by atoms with Crippen molar-refractivity contribution < 1.29 is 9.66 Å². The number of aromatic nitrogens is 2. The molecule has 0 aliphatic heterocycles. The Balaban J connectivity index is 2.17. The van der Waals surface area contributed by atoms with Gasteiger partial charge in [-0.3, -0.25) is 19.9 Å². The quantitative estimate of drug-likeness (QED) is 0.455. The van der Waals surface area contributed by atoms with Gasteiger partial charge < -0.3 is 4.74 Å². The zero-order chi connectivity index (χ0) is 17.5. The van der Waals surface area contributed by atoms with E-state index in [9.17, 15) is 14.9 Å². The zero-order valence-electron chi connectivity index (χ0n) is 13.3. The molecule has 0 bridgehead atoms. The van der Waals surface area contributed by atoms with Gasteiger partial charge in [-0.1, -0.05) is 6.92 Å². The fraction of sp³-hybridized carbons (Fsp3) is 0.267. The van der Waals surface area contributed by atoms with E-state index in [-0.39, 0.29) is 22.9 Å². The Morgan fingerprint density at radius 2 is 2.21 bits per heavy atom. The highest BCUT2D eigenvalue weighted by atomic mass is 16.6. The molecular weight excluding hydrogens is 314 g/mol. The number of nitrogens with one attached hydrogen (secondary N) is 2. The fourth-order valence-electron chi connectivity index (χ4n) is 1.94. The molecule has 0 aliphatic carbocycles. The van der Waals surface area contributed by atoms with E-state index in [0.29, 0.717) is 24.3 Å². The van der Waals surface area contributed by atoms with E-state index < -0.39 is 4.92 Å². The number of ether oxygens (including phenoxy) is 1. The van der Waals surface area contributed by atoms with Crippen molar-refractivity contribution in [3.63, 3.8) is 0 Å². The van der Waals surface area contributed by atoms with Gasteiger partial charge in [-0.05, 0) is 25.5 Å². The summed E-state index contributed by atoms with van der Waals surface area (Å²) in [6.45, 7) is 3.97. The van der Waals surface area contributed by atoms with E-state index in [1.807, 2.05) is 6.92 Å². The van der Waals surface area contributed by atoms with Crippen molar-refractivity contribution in [3.05, 3.63) is 56.0 Å². The molecule has 0 saturated heterocycles. The minimum Gasteiger partial charge on any atom is -0.487 e. The van der Waals surface area contributed by atoms with E-state index in [0.717, 1.165) is 0 Å². The Kier molecular flexibility index (Phi) is 5.61. The van der Waals surface area contributed by atoms with Crippen LogP contribution in [-0.4, -0.2) is 27.7 Å². The summed E-state index contributed by atoms with van der Waals surface area (Å²) in [5, 5.41) is 15.0. The number of nitrogens with zero attached hydrogens (tertiary/aromatic N) is 3. The number of hydrazone groups is 1. The first-order valence-corrected chi connectivity index (χ1v) is 7.34. The van der Waals surface area contributed by atoms with E-state index in [4.69, 9.17) is 4.74 Å². The maximum atomic E-state index is 11.4. The van der Waals surface area contributed by atoms with Crippen LogP contribution in [0.15, 0.2) is 34.2 Å². The number of hydrogen-bond donors (Lipinski definition) is 2. The molecular formula is C15H17N5O4. The molecule has 0 aliphatic rings. The van der Waals surface area contributed by atoms with Crippen LogP contribution in [0.5, 0.6) is 5.75 Å². The van der Waals surface area contributed by atoms with Crippen LogP contribution in [0, 0.1) is 10.1 Å². The standard InChI is InChI=1S/C15H17N5O4/c1-3-11-8-14(21)18-15(17-11)19-16-9-10-5-6-13(24-4-2)12(7-10)20(22)23/h5-9H,3-4H2,1-2H3,(H2,17,18,19,21)/b16-9-. The zero-order valence-corrected chi connectivity index (χ0v) is 13.3. The third-order valence-electron chi connectivity index (χ3n) is 3.02. The predicted octanol–water partition coefficient (Wildman–Crippen LogP) is 2.09. The molecule has 0 radical (unpaired) electrons. The van der Waals surface area contributed by atoms with E-state index in [1.54, 1.807) is 13.0 Å². The molecule has 0 saturated carbocycles. The first-order chi connectivity index (χ1) is 11.5. The van der Waals surface area contributed by atoms with Crippen LogP contribution in [0.2, 0.25) is 0 Å². The van der Waals surface area contributed by atoms with Crippen molar-refractivity contribution in [2.24, 2.45) is 5.10 Å². The lowest BCUT2D eigenvalue weighted by Gasteiger charge is -2.04. The van der Waals surface area contributed by atoms with Gasteiger partial charge in [-0.2, -0.15) is 5.10 Å². The van der Waals surface area contributed by atoms with Gasteiger partial charge in [0.25, 0.3) is 5.56 Å². The third-order valence-corrected chi connectivity index (χ3v) is 3.02. The summed E-state index contributed by atoms with van der Waals surface area (Å²) in [6, 6.07) is 5.92. The average molecular weight is 331 g/mol. The Morgan fingerprint density at radius 3 is 2.88 bits per heavy atom. The SMILES string of the molecule is CCOc1ccc(/C=N\Nc2nc(CC)cc(=O)[nH]2)cc1[N+](=O)[O-]. The molecule has 0 fully saturated rings. The van der Waals surface area contributed by atoms with Crippen LogP contribution in [0.4, 0.5) is 11.6 Å². The number of nitro benzene ring substituents is 1. The molecule has 126 valence electrons. The van der Waals surface area contributed by atoms with Crippen molar-refractivity contribution in [2.45, 2.75) is 20.3 Å². The monoisotopic (exact) mass is 331 g/mol. The van der Waals surface area contributed by atoms with E-state index >= 15 is 0 Å². The number of benzene rings is 1. The number of aryl methyl sites for hydroxylation is 1. The number of hydrogen-bond acceptors (Lipinski definition) is 7. The Bertz CT molecular complexity index is 816. The Labute approximate surface area is 137 Å². The van der Waals surface area contributed by atoms with Crippen molar-refractivity contribution in [1.82, 2.24) is 9.97 Å². The molecule has 24 heavy (non-hydrogen) atoms. The second-order valence-electron chi connectivity index (χ2n) is 4.73. The number of aromatic amines is 1. The average Bonchev–Trinajstić information content (AvgIpc) is 2.55. The minimum absolute atomic E-state index is 0.139. The molecule has 0 spiro atoms. The molecule has 2 rings (SSSR count). The Hall–Kier alpha value is -3.23. The molecule has 9 heteroatoms. The first kappa shape index (κ1) is 17.1. The topological polar surface area (TPSA) is 123 Å². The maximum absolute atomic E-state index is 11.4. The summed E-state index contributed by atoms with van der Waals surface area (Å²) >= 11 is 0. The van der Waals surface area contributed by atoms with Crippen molar-refractivity contribution in [1.29, 1.82) is 0 Å². The number of rotatable bonds is 7. The summed E-state index contributed by atoms with van der Waals surface area (Å²) in [5.41, 5.74) is 3.32. The van der Waals surface area contributed by atoms with Gasteiger partial charge in [0.15, 0.2) is 5.75 Å². The minimum atomic E-state index is -0.514. The highest BCUT2D eigenvalue weighted by molar-refractivity contribution is 5.82. The van der Waals surface area contributed by atoms with Gasteiger partial charge in [0, 0.05) is 23.4 Å². The van der Waals surface area contributed by atoms with Gasteiger partial charge in [0.2, 0.25) is 5.95 Å². The number of nitro groups is 1. The van der Waals surface area contributed by atoms with Gasteiger partial charge in [-0.15, -0.1) is 0 Å². The molecule has 9 nitrogen and oxygen atoms in total. The molecule has 1 aromatic heterocycles. The van der Waals surface area contributed by atoms with Crippen LogP contribution in [0.3, 0.4) is 0 Å². The molecule has 1 heterocycles. The lowest BCUT2D eigenvalue weighted by Crippen LogP contribution is -2.11. The molecule has 0 atom stereocenters. The summed E-state index contributed by atoms with van der Waals surface area (Å²) in [4.78, 5) is 28.7. The highest BCUT2D eigenvalue weighted by Crippen LogP contribution is 2.27. The second kappa shape index (κ2) is 7.86. The summed E-state index contributed by atoms with van der Waals surface area (Å²) in [6.07, 6.45) is 2.01. The lowest BCUT2D eigenvalue weighted by atomic mass is 10.2. The van der Waals surface area contributed by atoms with E-state index in [2.05, 4.69) is 20.5 Å². The molecule has 2 N–H and O–H groups in total. The maximum Gasteiger partial charge on any atom is 0.311 e. The second-order valence-corrected chi connectivity index (χ2v) is 4.73. The summed E-state index contributed by atoms with van der Waals surface area (Å²) in [7, 11) is 0. The highest BCUT2D eigenvalue weighted by Gasteiger charge is 2.15. The van der Waals surface area contributed by atoms with Crippen molar-refractivity contribution in [2.75, 3.05) is 12.0 Å². The summed E-state index contributed by atoms with van der Waals surface area (Å²) in [5.74, 6) is 0.408. The summed E-state index contributed by atoms with van der Waals surface area (Å²) < 4.78 is 5.21. The predicted molar refractivity (Wildman–Crippen MR) is 89.7 cm³/mol. The number of anilines is 1. The van der Waals surface area contributed by atoms with Crippen LogP contribution in [-0.2, 0) is 6.42 Å². The normalized spacial score (nSPS) is 10.8. The third kappa shape index (κ3) is 4.38. The molecule has 2 aromatic rings. The van der Waals surface area contributed by atoms with Gasteiger partial charge in [0.05, 0.1) is 17.7 Å². The van der Waals surface area contributed by atoms with Gasteiger partial charge in [-0.25, -0.2) is 10.4 Å². The van der Waals surface area contributed by atoms with Crippen LogP contribution >= 0.6 is 0 Å². The van der Waals surface area contributed by atoms with Crippen LogP contribution in [0.1, 0.15) is 25.1 Å². The van der Waals surface area contributed by atoms with Crippen molar-refractivity contribution >= 4 is 17.9 Å². The largest absolute Gasteiger partial charge is 0.487 e. The van der Waals surface area contributed by atoms with Crippen molar-refractivity contribution in [3.8, 4) is 5.75 Å². The Morgan fingerprint density at radius 1 is 1.42 bits per heavy atom. The molecule has 0 unspecified atom stereocenters. The van der Waals surface area contributed by atoms with Crippen LogP contribution in [0.25, 0.3) is 0 Å². The number of H-pyrrole nitrogens is 1. The first-order valence-electron chi connectivity index (χ1n) is 7.34. The lowest BCUT2D eigenvalue weighted by molar-refractivity contribution is -0.385. The fourth-order valence-corrected chi connectivity index (χ4v) is 1.94. The van der Waals surface area contributed by atoms with Gasteiger partial charge >= 0.3 is 5.69 Å². The van der Waals surface area contributed by atoms with Crippen LogP contribution < -0.4 is 15.7 Å². The van der Waals surface area contributed by atoms with Gasteiger partial charge in [0.1, 0.15) is 0 Å². The molecule has 1 aromatic carbocycles. The van der Waals surface area contributed by atoms with E-state index in [1.165, 1.54) is 24.4 Å². The smallest absolute Gasteiger partial charge is 0.311 e.